The Bertz CT molecular complexity index is 617. The second kappa shape index (κ2) is 5.58. The van der Waals surface area contributed by atoms with Gasteiger partial charge in [0, 0.05) is 22.8 Å². The lowest BCUT2D eigenvalue weighted by molar-refractivity contribution is -0.385. The Balaban J connectivity index is 2.19. The molecule has 0 aliphatic carbocycles. The predicted octanol–water partition coefficient (Wildman–Crippen LogP) is 3.41. The molecule has 5 nitrogen and oxygen atoms in total. The summed E-state index contributed by atoms with van der Waals surface area (Å²) < 4.78 is 5.48. The van der Waals surface area contributed by atoms with Gasteiger partial charge in [0.2, 0.25) is 0 Å². The first-order valence-corrected chi connectivity index (χ1v) is 5.85. The number of nitrogens with zero attached hydrogens (tertiary/aromatic N) is 1. The summed E-state index contributed by atoms with van der Waals surface area (Å²) in [6.07, 6.45) is 0. The Kier molecular flexibility index (Phi) is 3.87. The zero-order chi connectivity index (χ0) is 13.8. The minimum atomic E-state index is -0.464. The van der Waals surface area contributed by atoms with Gasteiger partial charge in [0.15, 0.2) is 0 Å². The van der Waals surface area contributed by atoms with Crippen LogP contribution >= 0.6 is 11.6 Å². The number of nitrogen functional groups attached to an aromatic ring is 1. The highest BCUT2D eigenvalue weighted by Crippen LogP contribution is 2.24. The molecule has 0 atom stereocenters. The molecule has 0 aromatic heterocycles. The summed E-state index contributed by atoms with van der Waals surface area (Å²) in [5.41, 5.74) is 6.58. The molecule has 0 radical (unpaired) electrons. The lowest BCUT2D eigenvalue weighted by Crippen LogP contribution is -2.01. The molecule has 2 rings (SSSR count). The molecule has 0 heterocycles. The fourth-order valence-corrected chi connectivity index (χ4v) is 1.81. The van der Waals surface area contributed by atoms with Gasteiger partial charge in [-0.1, -0.05) is 17.7 Å². The third-order valence-corrected chi connectivity index (χ3v) is 2.73. The Morgan fingerprint density at radius 2 is 2.05 bits per heavy atom. The first-order chi connectivity index (χ1) is 9.06. The molecular weight excluding hydrogens is 268 g/mol. The van der Waals surface area contributed by atoms with Crippen LogP contribution in [-0.4, -0.2) is 4.92 Å². The summed E-state index contributed by atoms with van der Waals surface area (Å²) in [4.78, 5) is 10.4. The molecule has 0 spiro atoms. The van der Waals surface area contributed by atoms with Crippen LogP contribution in [-0.2, 0) is 6.61 Å². The number of benzene rings is 2. The summed E-state index contributed by atoms with van der Waals surface area (Å²) in [6, 6.07) is 11.2. The Hall–Kier alpha value is -2.27. The van der Waals surface area contributed by atoms with E-state index in [4.69, 9.17) is 22.1 Å². The van der Waals surface area contributed by atoms with E-state index in [-0.39, 0.29) is 12.3 Å². The lowest BCUT2D eigenvalue weighted by Gasteiger charge is -2.07. The SMILES string of the molecule is Nc1cccc(OCc2cc(Cl)ccc2[N+](=O)[O-])c1. The predicted molar refractivity (Wildman–Crippen MR) is 73.3 cm³/mol. The Morgan fingerprint density at radius 3 is 2.74 bits per heavy atom. The summed E-state index contributed by atoms with van der Waals surface area (Å²) in [5, 5.41) is 11.3. The van der Waals surface area contributed by atoms with Crippen molar-refractivity contribution < 1.29 is 9.66 Å². The largest absolute Gasteiger partial charge is 0.489 e. The summed E-state index contributed by atoms with van der Waals surface area (Å²) in [7, 11) is 0. The van der Waals surface area contributed by atoms with Crippen molar-refractivity contribution in [1.82, 2.24) is 0 Å². The van der Waals surface area contributed by atoms with Gasteiger partial charge in [0.25, 0.3) is 5.69 Å². The molecule has 2 aromatic rings. The van der Waals surface area contributed by atoms with E-state index >= 15 is 0 Å². The number of nitro groups is 1. The van der Waals surface area contributed by atoms with Gasteiger partial charge < -0.3 is 10.5 Å². The van der Waals surface area contributed by atoms with Crippen molar-refractivity contribution in [3.8, 4) is 5.75 Å². The normalized spacial score (nSPS) is 10.2. The average Bonchev–Trinajstić information content (AvgIpc) is 2.36. The number of halogens is 1. The molecule has 0 fully saturated rings. The molecule has 0 unspecified atom stereocenters. The highest BCUT2D eigenvalue weighted by atomic mass is 35.5. The Morgan fingerprint density at radius 1 is 1.26 bits per heavy atom. The Labute approximate surface area is 114 Å². The van der Waals surface area contributed by atoms with Gasteiger partial charge in [-0.25, -0.2) is 0 Å². The minimum absolute atomic E-state index is 0.0201. The summed E-state index contributed by atoms with van der Waals surface area (Å²) in [6.45, 7) is 0.0559. The number of anilines is 1. The van der Waals surface area contributed by atoms with E-state index in [2.05, 4.69) is 0 Å². The van der Waals surface area contributed by atoms with Gasteiger partial charge >= 0.3 is 0 Å². The molecule has 19 heavy (non-hydrogen) atoms. The molecule has 2 aromatic carbocycles. The van der Waals surface area contributed by atoms with Crippen LogP contribution < -0.4 is 10.5 Å². The molecular formula is C13H11ClN2O3. The number of nitro benzene ring substituents is 1. The van der Waals surface area contributed by atoms with Crippen molar-refractivity contribution in [2.24, 2.45) is 0 Å². The molecule has 0 aliphatic heterocycles. The smallest absolute Gasteiger partial charge is 0.276 e. The topological polar surface area (TPSA) is 78.4 Å². The monoisotopic (exact) mass is 278 g/mol. The van der Waals surface area contributed by atoms with Gasteiger partial charge in [0.1, 0.15) is 12.4 Å². The van der Waals surface area contributed by atoms with Gasteiger partial charge in [-0.3, -0.25) is 10.1 Å². The molecule has 2 N–H and O–H groups in total. The van der Waals surface area contributed by atoms with Gasteiger partial charge in [0.05, 0.1) is 10.5 Å². The van der Waals surface area contributed by atoms with Crippen molar-refractivity contribution >= 4 is 23.0 Å². The van der Waals surface area contributed by atoms with E-state index in [0.717, 1.165) is 0 Å². The molecule has 0 saturated heterocycles. The second-order valence-corrected chi connectivity index (χ2v) is 4.33. The highest BCUT2D eigenvalue weighted by Gasteiger charge is 2.14. The van der Waals surface area contributed by atoms with Crippen molar-refractivity contribution in [2.75, 3.05) is 5.73 Å². The maximum atomic E-state index is 10.9. The molecule has 6 heteroatoms. The van der Waals surface area contributed by atoms with E-state index in [1.165, 1.54) is 18.2 Å². The van der Waals surface area contributed by atoms with Crippen LogP contribution in [0.4, 0.5) is 11.4 Å². The van der Waals surface area contributed by atoms with E-state index in [9.17, 15) is 10.1 Å². The second-order valence-electron chi connectivity index (χ2n) is 3.89. The van der Waals surface area contributed by atoms with E-state index in [1.54, 1.807) is 24.3 Å². The number of hydrogen-bond acceptors (Lipinski definition) is 4. The minimum Gasteiger partial charge on any atom is -0.489 e. The molecule has 0 aliphatic rings. The fourth-order valence-electron chi connectivity index (χ4n) is 1.61. The standard InChI is InChI=1S/C13H11ClN2O3/c14-10-4-5-13(16(17)18)9(6-10)8-19-12-3-1-2-11(15)7-12/h1-7H,8,15H2. The fraction of sp³-hybridized carbons (Fsp3) is 0.0769. The van der Waals surface area contributed by atoms with E-state index in [1.807, 2.05) is 0 Å². The number of hydrogen-bond donors (Lipinski definition) is 1. The molecule has 0 saturated carbocycles. The van der Waals surface area contributed by atoms with Gasteiger partial charge in [-0.05, 0) is 24.3 Å². The average molecular weight is 279 g/mol. The first kappa shape index (κ1) is 13.2. The zero-order valence-electron chi connectivity index (χ0n) is 9.88. The third-order valence-electron chi connectivity index (χ3n) is 2.49. The van der Waals surface area contributed by atoms with Crippen LogP contribution in [0.1, 0.15) is 5.56 Å². The van der Waals surface area contributed by atoms with E-state index in [0.29, 0.717) is 22.0 Å². The summed E-state index contributed by atoms with van der Waals surface area (Å²) >= 11 is 5.83. The zero-order valence-corrected chi connectivity index (χ0v) is 10.6. The number of nitrogens with two attached hydrogens (primary N) is 1. The summed E-state index contributed by atoms with van der Waals surface area (Å²) in [5.74, 6) is 0.550. The van der Waals surface area contributed by atoms with Crippen LogP contribution in [0.2, 0.25) is 5.02 Å². The lowest BCUT2D eigenvalue weighted by atomic mass is 10.2. The van der Waals surface area contributed by atoms with Crippen LogP contribution in [0, 0.1) is 10.1 Å². The van der Waals surface area contributed by atoms with Crippen LogP contribution in [0.3, 0.4) is 0 Å². The maximum absolute atomic E-state index is 10.9. The highest BCUT2D eigenvalue weighted by molar-refractivity contribution is 6.30. The van der Waals surface area contributed by atoms with Crippen LogP contribution in [0.5, 0.6) is 5.75 Å². The quantitative estimate of drug-likeness (QED) is 0.528. The number of ether oxygens (including phenoxy) is 1. The van der Waals surface area contributed by atoms with Crippen LogP contribution in [0.15, 0.2) is 42.5 Å². The number of rotatable bonds is 4. The van der Waals surface area contributed by atoms with E-state index < -0.39 is 4.92 Å². The van der Waals surface area contributed by atoms with Crippen LogP contribution in [0.25, 0.3) is 0 Å². The maximum Gasteiger partial charge on any atom is 0.276 e. The first-order valence-electron chi connectivity index (χ1n) is 5.47. The van der Waals surface area contributed by atoms with Gasteiger partial charge in [-0.15, -0.1) is 0 Å². The molecule has 0 bridgehead atoms. The van der Waals surface area contributed by atoms with Crippen molar-refractivity contribution in [3.05, 3.63) is 63.2 Å². The van der Waals surface area contributed by atoms with Crippen molar-refractivity contribution in [1.29, 1.82) is 0 Å². The van der Waals surface area contributed by atoms with Crippen molar-refractivity contribution in [2.45, 2.75) is 6.61 Å². The molecule has 98 valence electrons. The van der Waals surface area contributed by atoms with Gasteiger partial charge in [-0.2, -0.15) is 0 Å². The third kappa shape index (κ3) is 3.35. The van der Waals surface area contributed by atoms with Crippen molar-refractivity contribution in [3.63, 3.8) is 0 Å². The molecule has 0 amide bonds.